The lowest BCUT2D eigenvalue weighted by atomic mass is 9.92. The zero-order valence-electron chi connectivity index (χ0n) is 36.6. The van der Waals surface area contributed by atoms with E-state index in [-0.39, 0.29) is 0 Å². The van der Waals surface area contributed by atoms with E-state index in [0.717, 1.165) is 66.5 Å². The Morgan fingerprint density at radius 1 is 0.279 bits per heavy atom. The van der Waals surface area contributed by atoms with Gasteiger partial charge >= 0.3 is 0 Å². The molecule has 3 aromatic heterocycles. The minimum Gasteiger partial charge on any atom is -0.456 e. The number of rotatable bonds is 6. The molecule has 5 heteroatoms. The summed E-state index contributed by atoms with van der Waals surface area (Å²) in [6, 6.07) is 81.9. The third-order valence-corrected chi connectivity index (χ3v) is 13.6. The van der Waals surface area contributed by atoms with Crippen LogP contribution in [0.2, 0.25) is 0 Å². The summed E-state index contributed by atoms with van der Waals surface area (Å²) in [5.74, 6) is 1.84. The summed E-state index contributed by atoms with van der Waals surface area (Å²) < 4.78 is 9.09. The van der Waals surface area contributed by atoms with Gasteiger partial charge < -0.3 is 8.98 Å². The van der Waals surface area contributed by atoms with Crippen LogP contribution in [0, 0.1) is 0 Å². The van der Waals surface area contributed by atoms with Crippen LogP contribution in [-0.4, -0.2) is 19.5 Å². The fourth-order valence-electron chi connectivity index (χ4n) is 10.5. The molecule has 5 nitrogen and oxygen atoms in total. The van der Waals surface area contributed by atoms with Crippen LogP contribution in [0.1, 0.15) is 0 Å². The molecule has 0 saturated heterocycles. The molecule has 11 aromatic carbocycles. The van der Waals surface area contributed by atoms with Crippen LogP contribution in [0.25, 0.3) is 138 Å². The molecule has 14 rings (SSSR count). The average molecular weight is 867 g/mol. The minimum absolute atomic E-state index is 0.589. The second-order valence-corrected chi connectivity index (χ2v) is 17.5. The van der Waals surface area contributed by atoms with Gasteiger partial charge in [0.15, 0.2) is 17.5 Å². The van der Waals surface area contributed by atoms with Crippen molar-refractivity contribution < 1.29 is 4.42 Å². The fourth-order valence-corrected chi connectivity index (χ4v) is 10.5. The van der Waals surface area contributed by atoms with E-state index in [1.807, 2.05) is 60.7 Å². The van der Waals surface area contributed by atoms with Gasteiger partial charge in [-0.05, 0) is 109 Å². The number of nitrogens with zero attached hydrogens (tertiary/aromatic N) is 4. The lowest BCUT2D eigenvalue weighted by Crippen LogP contribution is -2.00. The number of furan rings is 1. The van der Waals surface area contributed by atoms with Crippen LogP contribution in [0.4, 0.5) is 0 Å². The summed E-state index contributed by atoms with van der Waals surface area (Å²) in [6.07, 6.45) is 0. The third-order valence-electron chi connectivity index (χ3n) is 13.6. The van der Waals surface area contributed by atoms with Gasteiger partial charge in [0.25, 0.3) is 0 Å². The van der Waals surface area contributed by atoms with Crippen molar-refractivity contribution in [1.82, 2.24) is 19.5 Å². The molecule has 0 saturated carbocycles. The summed E-state index contributed by atoms with van der Waals surface area (Å²) in [4.78, 5) is 14.9. The van der Waals surface area contributed by atoms with E-state index < -0.39 is 0 Å². The molecule has 3 heterocycles. The van der Waals surface area contributed by atoms with E-state index in [2.05, 4.69) is 174 Å². The Hall–Kier alpha value is -9.19. The van der Waals surface area contributed by atoms with E-state index in [9.17, 15) is 0 Å². The number of para-hydroxylation sites is 1. The van der Waals surface area contributed by atoms with Crippen LogP contribution < -0.4 is 0 Å². The van der Waals surface area contributed by atoms with Gasteiger partial charge in [0, 0.05) is 43.9 Å². The number of hydrogen-bond donors (Lipinski definition) is 0. The van der Waals surface area contributed by atoms with E-state index in [4.69, 9.17) is 19.4 Å². The highest BCUT2D eigenvalue weighted by Crippen LogP contribution is 2.43. The van der Waals surface area contributed by atoms with Gasteiger partial charge in [-0.2, -0.15) is 0 Å². The molecule has 0 aliphatic carbocycles. The lowest BCUT2D eigenvalue weighted by molar-refractivity contribution is 0.669. The summed E-state index contributed by atoms with van der Waals surface area (Å²) >= 11 is 0. The molecule has 0 aliphatic rings. The maximum atomic E-state index is 6.68. The van der Waals surface area contributed by atoms with Crippen molar-refractivity contribution >= 4 is 76.1 Å². The first-order chi connectivity index (χ1) is 33.7. The summed E-state index contributed by atoms with van der Waals surface area (Å²) in [6.45, 7) is 0. The molecule has 0 atom stereocenters. The first-order valence-electron chi connectivity index (χ1n) is 23.0. The van der Waals surface area contributed by atoms with Crippen molar-refractivity contribution in [2.24, 2.45) is 0 Å². The Kier molecular flexibility index (Phi) is 8.52. The number of hydrogen-bond acceptors (Lipinski definition) is 4. The molecule has 0 bridgehead atoms. The quantitative estimate of drug-likeness (QED) is 0.156. The zero-order valence-corrected chi connectivity index (χ0v) is 36.6. The molecule has 0 spiro atoms. The average Bonchev–Trinajstić information content (AvgIpc) is 3.96. The Morgan fingerprint density at radius 2 is 0.779 bits per heavy atom. The maximum absolute atomic E-state index is 6.68. The van der Waals surface area contributed by atoms with Crippen LogP contribution in [0.15, 0.2) is 235 Å². The molecule has 316 valence electrons. The smallest absolute Gasteiger partial charge is 0.164 e. The van der Waals surface area contributed by atoms with Crippen molar-refractivity contribution in [2.45, 2.75) is 0 Å². The van der Waals surface area contributed by atoms with Crippen molar-refractivity contribution in [1.29, 1.82) is 0 Å². The van der Waals surface area contributed by atoms with E-state index in [1.54, 1.807) is 0 Å². The van der Waals surface area contributed by atoms with Crippen LogP contribution in [-0.2, 0) is 0 Å². The maximum Gasteiger partial charge on any atom is 0.164 e. The van der Waals surface area contributed by atoms with Gasteiger partial charge in [0.2, 0.25) is 0 Å². The Labute approximate surface area is 390 Å². The van der Waals surface area contributed by atoms with E-state index >= 15 is 0 Å². The molecule has 0 aliphatic heterocycles. The summed E-state index contributed by atoms with van der Waals surface area (Å²) in [5.41, 5.74) is 12.4. The normalized spacial score (nSPS) is 11.8. The zero-order chi connectivity index (χ0) is 44.7. The SMILES string of the molecule is c1ccc(-c2nc(-c3ccccc3)nc(-c3ccc4c(c3)oc3cccc(-c5ccc6c(c5)c5ccc(-c7ccc8c9ccccc9c9ccccc9c8c7)cc5n6-c5ccccc5)c34)n2)cc1. The Balaban J connectivity index is 0.906. The lowest BCUT2D eigenvalue weighted by Gasteiger charge is -2.12. The fraction of sp³-hybridized carbons (Fsp3) is 0. The number of fused-ring (bicyclic) bond motifs is 12. The Morgan fingerprint density at radius 3 is 1.44 bits per heavy atom. The largest absolute Gasteiger partial charge is 0.456 e. The molecular weight excluding hydrogens is 829 g/mol. The molecule has 0 radical (unpaired) electrons. The molecular formula is C63H38N4O. The summed E-state index contributed by atoms with van der Waals surface area (Å²) in [7, 11) is 0. The molecule has 14 aromatic rings. The van der Waals surface area contributed by atoms with Crippen LogP contribution in [0.5, 0.6) is 0 Å². The first kappa shape index (κ1) is 38.1. The van der Waals surface area contributed by atoms with Crippen molar-refractivity contribution in [3.05, 3.63) is 231 Å². The van der Waals surface area contributed by atoms with Gasteiger partial charge in [0.1, 0.15) is 11.2 Å². The second-order valence-electron chi connectivity index (χ2n) is 17.5. The highest BCUT2D eigenvalue weighted by atomic mass is 16.3. The highest BCUT2D eigenvalue weighted by molar-refractivity contribution is 6.26. The monoisotopic (exact) mass is 866 g/mol. The van der Waals surface area contributed by atoms with Gasteiger partial charge in [-0.1, -0.05) is 176 Å². The molecule has 0 unspecified atom stereocenters. The Bertz CT molecular complexity index is 4210. The number of aromatic nitrogens is 4. The predicted octanol–water partition coefficient (Wildman–Crippen LogP) is 16.7. The minimum atomic E-state index is 0.589. The van der Waals surface area contributed by atoms with Gasteiger partial charge in [-0.3, -0.25) is 0 Å². The molecule has 0 N–H and O–H groups in total. The molecule has 68 heavy (non-hydrogen) atoms. The standard InChI is InChI=1S/C63H38N4O/c1-4-15-39(16-5-1)61-64-62(40-17-6-2-7-18-40)66-63(65-61)44-29-33-53-59(38-44)68-58-26-14-25-46(60(53)58)43-30-34-56-55(36-43)52-32-28-42(37-57(52)67(56)45-19-8-3-9-20-45)41-27-31-51-49-23-11-10-21-47(49)48-22-12-13-24-50(48)54(51)35-41/h1-38H. The molecule has 0 fully saturated rings. The van der Waals surface area contributed by atoms with Crippen molar-refractivity contribution in [3.63, 3.8) is 0 Å². The van der Waals surface area contributed by atoms with E-state index in [0.29, 0.717) is 17.5 Å². The topological polar surface area (TPSA) is 56.7 Å². The van der Waals surface area contributed by atoms with Gasteiger partial charge in [0.05, 0.1) is 11.0 Å². The number of benzene rings is 11. The van der Waals surface area contributed by atoms with Crippen LogP contribution >= 0.6 is 0 Å². The highest BCUT2D eigenvalue weighted by Gasteiger charge is 2.20. The van der Waals surface area contributed by atoms with Gasteiger partial charge in [-0.25, -0.2) is 15.0 Å². The van der Waals surface area contributed by atoms with Crippen molar-refractivity contribution in [3.8, 4) is 62.1 Å². The predicted molar refractivity (Wildman–Crippen MR) is 281 cm³/mol. The third kappa shape index (κ3) is 6.06. The second kappa shape index (κ2) is 15.2. The first-order valence-corrected chi connectivity index (χ1v) is 23.0. The molecule has 0 amide bonds. The summed E-state index contributed by atoms with van der Waals surface area (Å²) in [5, 5.41) is 12.1. The van der Waals surface area contributed by atoms with Crippen LogP contribution in [0.3, 0.4) is 0 Å². The van der Waals surface area contributed by atoms with Crippen molar-refractivity contribution in [2.75, 3.05) is 0 Å². The van der Waals surface area contributed by atoms with E-state index in [1.165, 1.54) is 54.2 Å². The van der Waals surface area contributed by atoms with Gasteiger partial charge in [-0.15, -0.1) is 0 Å².